The average molecular weight is 146 g/mol. The van der Waals surface area contributed by atoms with Gasteiger partial charge in [0.25, 0.3) is 0 Å². The second-order valence-corrected chi connectivity index (χ2v) is 1.04. The number of carbonyl (C=O) groups excluding carboxylic acids is 1. The maximum Gasteiger partial charge on any atom is 0.450 e. The van der Waals surface area contributed by atoms with E-state index < -0.39 is 19.0 Å². The Balaban J connectivity index is 3.85. The van der Waals surface area contributed by atoms with Crippen molar-refractivity contribution in [3.63, 3.8) is 0 Å². The molecule has 0 fully saturated rings. The molecule has 0 N–H and O–H groups in total. The van der Waals surface area contributed by atoms with E-state index in [0.717, 1.165) is 0 Å². The number of alkyl halides is 3. The predicted octanol–water partition coefficient (Wildman–Crippen LogP) is 1.02. The number of hydrogen-bond donors (Lipinski definition) is 0. The summed E-state index contributed by atoms with van der Waals surface area (Å²) in [5.74, 6) is 0. The van der Waals surface area contributed by atoms with Gasteiger partial charge in [-0.2, -0.15) is 13.2 Å². The van der Waals surface area contributed by atoms with E-state index in [1.54, 1.807) is 0 Å². The van der Waals surface area contributed by atoms with Crippen LogP contribution in [0.25, 0.3) is 0 Å². The van der Waals surface area contributed by atoms with E-state index in [1.807, 2.05) is 0 Å². The first-order valence-corrected chi connectivity index (χ1v) is 1.78. The van der Waals surface area contributed by atoms with Crippen molar-refractivity contribution >= 4 is 6.04 Å². The molecule has 0 aliphatic carbocycles. The number of hydrogen-bond acceptors (Lipinski definition) is 2. The highest BCUT2D eigenvalue weighted by Crippen LogP contribution is 2.16. The monoisotopic (exact) mass is 146 g/mol. The fraction of sp³-hybridized carbons (Fsp3) is 0.667. The Labute approximate surface area is 47.4 Å². The van der Waals surface area contributed by atoms with Gasteiger partial charge in [-0.1, -0.05) is 0 Å². The molecule has 0 aromatic heterocycles. The molecule has 0 aromatic carbocycles. The molecule has 0 aromatic rings. The van der Waals surface area contributed by atoms with E-state index in [1.165, 1.54) is 0 Å². The number of rotatable bonds is 3. The predicted molar refractivity (Wildman–Crippen MR) is 18.1 cm³/mol. The summed E-state index contributed by atoms with van der Waals surface area (Å²) >= 11 is 0. The summed E-state index contributed by atoms with van der Waals surface area (Å²) in [7, 11) is 0. The molecule has 0 saturated carbocycles. The van der Waals surface area contributed by atoms with Crippen LogP contribution in [0.2, 0.25) is 0 Å². The Bertz CT molecular complexity index is 112. The van der Waals surface area contributed by atoms with Gasteiger partial charge < -0.3 is 0 Å². The fourth-order valence-electron chi connectivity index (χ4n) is 0.125. The van der Waals surface area contributed by atoms with Gasteiger partial charge in [-0.05, 0) is 0 Å². The molecule has 0 radical (unpaired) electrons. The summed E-state index contributed by atoms with van der Waals surface area (Å²) in [6.45, 7) is -1.90. The van der Waals surface area contributed by atoms with E-state index in [0.29, 0.717) is 0 Å². The van der Waals surface area contributed by atoms with Crippen LogP contribution in [-0.4, -0.2) is 19.0 Å². The van der Waals surface area contributed by atoms with Crippen molar-refractivity contribution in [2.75, 3.05) is 6.86 Å². The molecule has 0 amide bonds. The minimum atomic E-state index is -4.63. The van der Waals surface area contributed by atoms with Crippen LogP contribution in [-0.2, 0) is 9.53 Å². The number of ether oxygens (including phenoxy) is 1. The van der Waals surface area contributed by atoms with Crippen LogP contribution in [0, 0.1) is 0 Å². The van der Waals surface area contributed by atoms with Crippen LogP contribution in [0.4, 0.5) is 17.6 Å². The van der Waals surface area contributed by atoms with Crippen molar-refractivity contribution in [1.82, 2.24) is 0 Å². The maximum absolute atomic E-state index is 11.4. The Kier molecular flexibility index (Phi) is 2.57. The van der Waals surface area contributed by atoms with E-state index in [9.17, 15) is 17.6 Å². The van der Waals surface area contributed by atoms with Gasteiger partial charge in [0.2, 0.25) is 0 Å². The summed E-state index contributed by atoms with van der Waals surface area (Å²) in [5, 5.41) is 0. The smallest absolute Gasteiger partial charge is 0.280 e. The van der Waals surface area contributed by atoms with E-state index in [2.05, 4.69) is 4.74 Å². The zero-order chi connectivity index (χ0) is 7.49. The highest BCUT2D eigenvalue weighted by Gasteiger charge is 2.41. The minimum Gasteiger partial charge on any atom is -0.280 e. The zero-order valence-corrected chi connectivity index (χ0v) is 4.04. The molecule has 0 atom stereocenters. The molecule has 0 unspecified atom stereocenters. The summed E-state index contributed by atoms with van der Waals surface area (Å²) in [5.41, 5.74) is 0. The van der Waals surface area contributed by atoms with Crippen molar-refractivity contribution in [2.24, 2.45) is 0 Å². The second kappa shape index (κ2) is 2.77. The SMILES string of the molecule is O=C(F)C(F)(F)OCF. The van der Waals surface area contributed by atoms with Crippen molar-refractivity contribution in [1.29, 1.82) is 0 Å². The third kappa shape index (κ3) is 2.41. The van der Waals surface area contributed by atoms with Gasteiger partial charge in [-0.3, -0.25) is 9.53 Å². The van der Waals surface area contributed by atoms with E-state index in [-0.39, 0.29) is 0 Å². The lowest BCUT2D eigenvalue weighted by molar-refractivity contribution is -0.251. The molecule has 9 heavy (non-hydrogen) atoms. The second-order valence-electron chi connectivity index (χ2n) is 1.04. The van der Waals surface area contributed by atoms with Crippen molar-refractivity contribution in [3.05, 3.63) is 0 Å². The molecular formula is C3H2F4O2. The normalized spacial score (nSPS) is 11.6. The van der Waals surface area contributed by atoms with Gasteiger partial charge in [0, 0.05) is 0 Å². The van der Waals surface area contributed by atoms with E-state index >= 15 is 0 Å². The van der Waals surface area contributed by atoms with E-state index in [4.69, 9.17) is 4.79 Å². The Hall–Kier alpha value is -0.650. The van der Waals surface area contributed by atoms with Crippen LogP contribution in [0.5, 0.6) is 0 Å². The number of halogens is 4. The molecule has 54 valence electrons. The van der Waals surface area contributed by atoms with Crippen molar-refractivity contribution in [3.8, 4) is 0 Å². The van der Waals surface area contributed by atoms with Crippen LogP contribution in [0.15, 0.2) is 0 Å². The lowest BCUT2D eigenvalue weighted by Crippen LogP contribution is -2.28. The molecule has 2 nitrogen and oxygen atoms in total. The summed E-state index contributed by atoms with van der Waals surface area (Å²) in [4.78, 5) is 9.15. The molecular weight excluding hydrogens is 144 g/mol. The lowest BCUT2D eigenvalue weighted by Gasteiger charge is -2.05. The molecule has 0 saturated heterocycles. The molecule has 0 aliphatic heterocycles. The van der Waals surface area contributed by atoms with Gasteiger partial charge >= 0.3 is 12.1 Å². The molecule has 0 heterocycles. The van der Waals surface area contributed by atoms with Crippen LogP contribution in [0.3, 0.4) is 0 Å². The first-order valence-electron chi connectivity index (χ1n) is 1.78. The zero-order valence-electron chi connectivity index (χ0n) is 4.04. The molecule has 0 aliphatic rings. The third-order valence-electron chi connectivity index (χ3n) is 0.465. The summed E-state index contributed by atoms with van der Waals surface area (Å²) in [6, 6.07) is -3.00. The minimum absolute atomic E-state index is 1.90. The first-order chi connectivity index (χ1) is 4.00. The maximum atomic E-state index is 11.4. The third-order valence-corrected chi connectivity index (χ3v) is 0.465. The molecule has 6 heteroatoms. The van der Waals surface area contributed by atoms with Crippen molar-refractivity contribution in [2.45, 2.75) is 6.11 Å². The quantitative estimate of drug-likeness (QED) is 0.438. The van der Waals surface area contributed by atoms with Crippen LogP contribution in [0.1, 0.15) is 0 Å². The molecule has 0 spiro atoms. The number of carbonyl (C=O) groups is 1. The van der Waals surface area contributed by atoms with Gasteiger partial charge in [-0.25, -0.2) is 4.39 Å². The fourth-order valence-corrected chi connectivity index (χ4v) is 0.125. The van der Waals surface area contributed by atoms with Crippen LogP contribution < -0.4 is 0 Å². The van der Waals surface area contributed by atoms with Gasteiger partial charge in [0.15, 0.2) is 6.86 Å². The Morgan fingerprint density at radius 1 is 1.56 bits per heavy atom. The molecule has 0 rings (SSSR count). The van der Waals surface area contributed by atoms with Crippen molar-refractivity contribution < 1.29 is 27.1 Å². The largest absolute Gasteiger partial charge is 0.450 e. The van der Waals surface area contributed by atoms with Crippen LogP contribution >= 0.6 is 0 Å². The Morgan fingerprint density at radius 3 is 2.11 bits per heavy atom. The summed E-state index contributed by atoms with van der Waals surface area (Å²) in [6.07, 6.45) is -4.63. The first kappa shape index (κ1) is 8.35. The highest BCUT2D eigenvalue weighted by molar-refractivity contribution is 5.74. The highest BCUT2D eigenvalue weighted by atomic mass is 19.3. The average Bonchev–Trinajstić information content (AvgIpc) is 1.65. The lowest BCUT2D eigenvalue weighted by atomic mass is 10.7. The molecule has 0 bridgehead atoms. The van der Waals surface area contributed by atoms with Gasteiger partial charge in [-0.15, -0.1) is 0 Å². The standard InChI is InChI=1S/C3H2F4O2/c4-1-9-3(6,7)2(5)8/h1H2. The topological polar surface area (TPSA) is 26.3 Å². The van der Waals surface area contributed by atoms with Gasteiger partial charge in [0.1, 0.15) is 0 Å². The van der Waals surface area contributed by atoms with Gasteiger partial charge in [0.05, 0.1) is 0 Å². The Morgan fingerprint density at radius 2 is 2.00 bits per heavy atom. The summed E-state index contributed by atoms with van der Waals surface area (Å²) < 4.78 is 47.3.